The molecule has 0 bridgehead atoms. The summed E-state index contributed by atoms with van der Waals surface area (Å²) >= 11 is 0.588. The molecule has 0 N–H and O–H groups in total. The van der Waals surface area contributed by atoms with Gasteiger partial charge in [0.15, 0.2) is 0 Å². The van der Waals surface area contributed by atoms with Crippen molar-refractivity contribution < 1.29 is 9.31 Å². The molecule has 0 aromatic heterocycles. The van der Waals surface area contributed by atoms with Crippen LogP contribution >= 0.6 is 0 Å². The van der Waals surface area contributed by atoms with Gasteiger partial charge in [0.1, 0.15) is 0 Å². The predicted octanol–water partition coefficient (Wildman–Crippen LogP) is 0.0570. The van der Waals surface area contributed by atoms with Crippen molar-refractivity contribution in [2.75, 3.05) is 19.6 Å². The Bertz CT molecular complexity index is 360. The van der Waals surface area contributed by atoms with Gasteiger partial charge in [0, 0.05) is 0 Å². The zero-order valence-electron chi connectivity index (χ0n) is 7.78. The van der Waals surface area contributed by atoms with E-state index in [1.54, 1.807) is 7.11 Å². The average molecular weight is 241 g/mol. The number of hydrogen-bond acceptors (Lipinski definition) is 1. The third-order valence-corrected chi connectivity index (χ3v) is 4.56. The second-order valence-electron chi connectivity index (χ2n) is 3.06. The molecule has 13 heavy (non-hydrogen) atoms. The number of rotatable bonds is 1. The molecular formula is C10H12NOSe+. The minimum absolute atomic E-state index is 0.588. The fourth-order valence-electron chi connectivity index (χ4n) is 1.33. The fraction of sp³-hybridized carbons (Fsp3) is 0.300. The first-order valence-electron chi connectivity index (χ1n) is 4.15. The molecule has 0 aliphatic carbocycles. The Kier molecular flexibility index (Phi) is 2.38. The van der Waals surface area contributed by atoms with Crippen molar-refractivity contribution in [3.8, 4) is 5.75 Å². The number of nitrogens with zero attached hydrogens (tertiary/aromatic N) is 1. The van der Waals surface area contributed by atoms with E-state index in [0.29, 0.717) is 15.0 Å². The molecule has 0 fully saturated rings. The molecule has 0 atom stereocenters. The summed E-state index contributed by atoms with van der Waals surface area (Å²) in [7, 11) is 3.82. The van der Waals surface area contributed by atoms with E-state index in [-0.39, 0.29) is 0 Å². The predicted molar refractivity (Wildman–Crippen MR) is 54.6 cm³/mol. The van der Waals surface area contributed by atoms with Crippen molar-refractivity contribution in [3.05, 3.63) is 23.8 Å². The number of hydrogen-bond donors (Lipinski definition) is 0. The molecule has 1 aliphatic heterocycles. The summed E-state index contributed by atoms with van der Waals surface area (Å²) < 4.78 is 8.90. The number of fused-ring (bicyclic) bond motifs is 1. The second kappa shape index (κ2) is 3.52. The summed E-state index contributed by atoms with van der Waals surface area (Å²) in [5.74, 6) is 0.945. The van der Waals surface area contributed by atoms with E-state index >= 15 is 0 Å². The molecule has 0 unspecified atom stereocenters. The van der Waals surface area contributed by atoms with E-state index < -0.39 is 0 Å². The van der Waals surface area contributed by atoms with Gasteiger partial charge in [-0.3, -0.25) is 0 Å². The van der Waals surface area contributed by atoms with Crippen LogP contribution in [-0.2, 0) is 0 Å². The van der Waals surface area contributed by atoms with Crippen molar-refractivity contribution in [2.24, 2.45) is 0 Å². The van der Waals surface area contributed by atoms with Gasteiger partial charge in [0.05, 0.1) is 0 Å². The number of ether oxygens (including phenoxy) is 1. The summed E-state index contributed by atoms with van der Waals surface area (Å²) in [5.41, 5.74) is 2.49. The number of benzene rings is 1. The van der Waals surface area contributed by atoms with Crippen molar-refractivity contribution in [3.63, 3.8) is 0 Å². The van der Waals surface area contributed by atoms with Gasteiger partial charge in [-0.15, -0.1) is 0 Å². The van der Waals surface area contributed by atoms with Crippen LogP contribution in [0.3, 0.4) is 0 Å². The minimum atomic E-state index is 0.588. The Morgan fingerprint density at radius 2 is 2.31 bits per heavy atom. The van der Waals surface area contributed by atoms with Crippen LogP contribution in [0.1, 0.15) is 5.56 Å². The Balaban J connectivity index is 2.45. The fourth-order valence-corrected chi connectivity index (χ4v) is 3.14. The standard InChI is InChI=1S/C10H12NOSe/c1-11-6-8-5-9(12-2)3-4-10(8)13-7-11/h3-6H,7H2,1-2H3/q+1. The zero-order chi connectivity index (χ0) is 9.26. The van der Waals surface area contributed by atoms with E-state index in [9.17, 15) is 0 Å². The van der Waals surface area contributed by atoms with Crippen LogP contribution in [0.2, 0.25) is 0 Å². The van der Waals surface area contributed by atoms with Crippen LogP contribution in [0.4, 0.5) is 0 Å². The van der Waals surface area contributed by atoms with E-state index in [1.165, 1.54) is 15.5 Å². The monoisotopic (exact) mass is 242 g/mol. The Hall–Kier alpha value is -0.791. The third-order valence-electron chi connectivity index (χ3n) is 2.00. The van der Waals surface area contributed by atoms with Gasteiger partial charge in [-0.1, -0.05) is 0 Å². The summed E-state index contributed by atoms with van der Waals surface area (Å²) in [6, 6.07) is 6.32. The average Bonchev–Trinajstić information content (AvgIpc) is 2.16. The van der Waals surface area contributed by atoms with Crippen LogP contribution in [-0.4, -0.2) is 45.3 Å². The molecule has 0 saturated heterocycles. The van der Waals surface area contributed by atoms with Crippen molar-refractivity contribution >= 4 is 25.6 Å². The van der Waals surface area contributed by atoms with Crippen molar-refractivity contribution in [1.29, 1.82) is 0 Å². The van der Waals surface area contributed by atoms with Crippen LogP contribution in [0.15, 0.2) is 18.2 Å². The first-order chi connectivity index (χ1) is 6.29. The normalized spacial score (nSPS) is 14.8. The van der Waals surface area contributed by atoms with Gasteiger partial charge < -0.3 is 0 Å². The van der Waals surface area contributed by atoms with Crippen LogP contribution in [0.25, 0.3) is 0 Å². The summed E-state index contributed by atoms with van der Waals surface area (Å²) in [5, 5.41) is 0. The van der Waals surface area contributed by atoms with Crippen LogP contribution in [0.5, 0.6) is 5.75 Å². The summed E-state index contributed by atoms with van der Waals surface area (Å²) in [4.78, 5) is 0. The van der Waals surface area contributed by atoms with Gasteiger partial charge in [0.2, 0.25) is 0 Å². The molecule has 0 spiro atoms. The Morgan fingerprint density at radius 1 is 1.46 bits per heavy atom. The molecule has 1 aliphatic rings. The zero-order valence-corrected chi connectivity index (χ0v) is 9.49. The topological polar surface area (TPSA) is 12.2 Å². The van der Waals surface area contributed by atoms with Crippen molar-refractivity contribution in [1.82, 2.24) is 0 Å². The third kappa shape index (κ3) is 1.76. The molecule has 0 amide bonds. The molecular weight excluding hydrogens is 229 g/mol. The van der Waals surface area contributed by atoms with Crippen molar-refractivity contribution in [2.45, 2.75) is 0 Å². The molecule has 68 valence electrons. The quantitative estimate of drug-likeness (QED) is 0.500. The van der Waals surface area contributed by atoms with E-state index in [4.69, 9.17) is 4.74 Å². The maximum absolute atomic E-state index is 5.18. The molecule has 1 aromatic carbocycles. The van der Waals surface area contributed by atoms with Gasteiger partial charge in [-0.05, 0) is 0 Å². The molecule has 1 heterocycles. The van der Waals surface area contributed by atoms with Gasteiger partial charge >= 0.3 is 84.1 Å². The number of methoxy groups -OCH3 is 1. The van der Waals surface area contributed by atoms with Gasteiger partial charge in [-0.25, -0.2) is 0 Å². The summed E-state index contributed by atoms with van der Waals surface area (Å²) in [6.45, 7) is 0. The molecule has 2 rings (SSSR count). The molecule has 2 nitrogen and oxygen atoms in total. The summed E-state index contributed by atoms with van der Waals surface area (Å²) in [6.07, 6.45) is 2.18. The first-order valence-corrected chi connectivity index (χ1v) is 6.22. The molecule has 1 aromatic rings. The molecule has 3 heteroatoms. The van der Waals surface area contributed by atoms with Crippen LogP contribution in [0, 0.1) is 0 Å². The van der Waals surface area contributed by atoms with E-state index in [0.717, 1.165) is 5.75 Å². The first kappa shape index (κ1) is 8.79. The SMILES string of the molecule is COc1ccc2c(c1)C=[N+](C)C[Se]2. The Morgan fingerprint density at radius 3 is 3.08 bits per heavy atom. The Labute approximate surface area is 84.4 Å². The molecule has 0 saturated carbocycles. The maximum atomic E-state index is 5.18. The van der Waals surface area contributed by atoms with Crippen LogP contribution < -0.4 is 9.20 Å². The van der Waals surface area contributed by atoms with E-state index in [1.807, 2.05) is 6.07 Å². The van der Waals surface area contributed by atoms with E-state index in [2.05, 4.69) is 30.0 Å². The molecule has 0 radical (unpaired) electrons. The van der Waals surface area contributed by atoms with Gasteiger partial charge in [-0.2, -0.15) is 0 Å². The second-order valence-corrected chi connectivity index (χ2v) is 5.13. The van der Waals surface area contributed by atoms with Gasteiger partial charge in [0.25, 0.3) is 0 Å².